The van der Waals surface area contributed by atoms with Crippen molar-refractivity contribution < 1.29 is 0 Å². The maximum absolute atomic E-state index is 3.93. The number of nitrogens with zero attached hydrogens (tertiary/aromatic N) is 3. The van der Waals surface area contributed by atoms with Crippen molar-refractivity contribution in [1.82, 2.24) is 4.57 Å². The smallest absolute Gasteiger partial charge is 0.155 e. The van der Waals surface area contributed by atoms with E-state index in [-0.39, 0.29) is 0 Å². The van der Waals surface area contributed by atoms with Crippen LogP contribution in [0.5, 0.6) is 0 Å². The molecule has 0 radical (unpaired) electrons. The summed E-state index contributed by atoms with van der Waals surface area (Å²) < 4.78 is 1.99. The minimum atomic E-state index is 0.804. The second-order valence-electron chi connectivity index (χ2n) is 3.05. The van der Waals surface area contributed by atoms with Crippen molar-refractivity contribution in [3.63, 3.8) is 0 Å². The van der Waals surface area contributed by atoms with E-state index in [1.807, 2.05) is 35.9 Å². The molecule has 0 N–H and O–H groups in total. The average Bonchev–Trinajstić information content (AvgIpc) is 2.23. The number of rotatable bonds is 1. The Kier molecular flexibility index (Phi) is 2.14. The summed E-state index contributed by atoms with van der Waals surface area (Å²) in [6, 6.07) is 12.1. The van der Waals surface area contributed by atoms with Crippen LogP contribution < -0.4 is 5.49 Å². The molecular formula is C11H11N3. The summed E-state index contributed by atoms with van der Waals surface area (Å²) in [7, 11) is 1.96. The SMILES string of the molecule is C=N/N=c1\ccc2ccccc2n1C. The fourth-order valence-electron chi connectivity index (χ4n) is 1.51. The number of benzene rings is 1. The number of fused-ring (bicyclic) bond motifs is 1. The van der Waals surface area contributed by atoms with Crippen molar-refractivity contribution in [2.75, 3.05) is 0 Å². The molecule has 0 saturated heterocycles. The van der Waals surface area contributed by atoms with Crippen LogP contribution in [0.2, 0.25) is 0 Å². The number of para-hydroxylation sites is 1. The largest absolute Gasteiger partial charge is 0.327 e. The molecule has 0 aliphatic rings. The van der Waals surface area contributed by atoms with Crippen LogP contribution in [0.1, 0.15) is 0 Å². The molecule has 0 aliphatic carbocycles. The van der Waals surface area contributed by atoms with Gasteiger partial charge in [0.2, 0.25) is 0 Å². The molecule has 0 spiro atoms. The summed E-state index contributed by atoms with van der Waals surface area (Å²) in [5, 5.41) is 8.65. The third-order valence-corrected chi connectivity index (χ3v) is 2.23. The van der Waals surface area contributed by atoms with Gasteiger partial charge in [-0.2, -0.15) is 5.10 Å². The second-order valence-corrected chi connectivity index (χ2v) is 3.05. The molecule has 0 unspecified atom stereocenters. The molecule has 70 valence electrons. The van der Waals surface area contributed by atoms with Crippen LogP contribution >= 0.6 is 0 Å². The van der Waals surface area contributed by atoms with Gasteiger partial charge in [-0.15, -0.1) is 5.10 Å². The van der Waals surface area contributed by atoms with Crippen molar-refractivity contribution >= 4 is 17.6 Å². The van der Waals surface area contributed by atoms with Crippen LogP contribution in [-0.4, -0.2) is 11.3 Å². The Morgan fingerprint density at radius 1 is 1.14 bits per heavy atom. The maximum atomic E-state index is 3.93. The molecular weight excluding hydrogens is 174 g/mol. The van der Waals surface area contributed by atoms with E-state index in [2.05, 4.69) is 29.1 Å². The maximum Gasteiger partial charge on any atom is 0.155 e. The van der Waals surface area contributed by atoms with E-state index in [0.717, 1.165) is 11.0 Å². The Labute approximate surface area is 82.0 Å². The van der Waals surface area contributed by atoms with E-state index in [1.54, 1.807) is 0 Å². The Balaban J connectivity index is 2.88. The Hall–Kier alpha value is -1.90. The lowest BCUT2D eigenvalue weighted by atomic mass is 10.2. The lowest BCUT2D eigenvalue weighted by molar-refractivity contribution is 0.855. The first kappa shape index (κ1) is 8.69. The fourth-order valence-corrected chi connectivity index (χ4v) is 1.51. The Morgan fingerprint density at radius 2 is 1.93 bits per heavy atom. The zero-order valence-corrected chi connectivity index (χ0v) is 8.01. The van der Waals surface area contributed by atoms with Gasteiger partial charge in [0.05, 0.1) is 0 Å². The summed E-state index contributed by atoms with van der Waals surface area (Å²) in [5.74, 6) is 0. The van der Waals surface area contributed by atoms with E-state index >= 15 is 0 Å². The van der Waals surface area contributed by atoms with Crippen molar-refractivity contribution in [2.24, 2.45) is 17.3 Å². The molecule has 1 heterocycles. The Bertz CT molecular complexity index is 537. The number of aryl methyl sites for hydroxylation is 1. The first-order valence-electron chi connectivity index (χ1n) is 4.37. The van der Waals surface area contributed by atoms with Gasteiger partial charge in [-0.05, 0) is 23.6 Å². The molecule has 1 aromatic carbocycles. The molecule has 0 aliphatic heterocycles. The molecule has 0 amide bonds. The highest BCUT2D eigenvalue weighted by Crippen LogP contribution is 2.09. The van der Waals surface area contributed by atoms with E-state index in [0.29, 0.717) is 0 Å². The van der Waals surface area contributed by atoms with Crippen LogP contribution in [-0.2, 0) is 7.05 Å². The van der Waals surface area contributed by atoms with Gasteiger partial charge in [0.1, 0.15) is 0 Å². The van der Waals surface area contributed by atoms with Crippen molar-refractivity contribution in [3.8, 4) is 0 Å². The van der Waals surface area contributed by atoms with Crippen molar-refractivity contribution in [3.05, 3.63) is 41.9 Å². The van der Waals surface area contributed by atoms with E-state index in [9.17, 15) is 0 Å². The van der Waals surface area contributed by atoms with Gasteiger partial charge in [0.25, 0.3) is 0 Å². The van der Waals surface area contributed by atoms with Gasteiger partial charge in [0.15, 0.2) is 5.49 Å². The topological polar surface area (TPSA) is 29.6 Å². The van der Waals surface area contributed by atoms with E-state index in [4.69, 9.17) is 0 Å². The van der Waals surface area contributed by atoms with Crippen LogP contribution in [0.4, 0.5) is 0 Å². The van der Waals surface area contributed by atoms with Gasteiger partial charge in [-0.25, -0.2) is 0 Å². The molecule has 3 heteroatoms. The number of hydrogen-bond acceptors (Lipinski definition) is 2. The summed E-state index contributed by atoms with van der Waals surface area (Å²) in [4.78, 5) is 0. The first-order chi connectivity index (χ1) is 6.83. The van der Waals surface area contributed by atoms with Crippen LogP contribution in [0.25, 0.3) is 10.9 Å². The molecule has 0 saturated carbocycles. The zero-order valence-electron chi connectivity index (χ0n) is 8.01. The van der Waals surface area contributed by atoms with Gasteiger partial charge in [-0.3, -0.25) is 0 Å². The third kappa shape index (κ3) is 1.33. The van der Waals surface area contributed by atoms with Gasteiger partial charge >= 0.3 is 0 Å². The lowest BCUT2D eigenvalue weighted by Gasteiger charge is -2.04. The van der Waals surface area contributed by atoms with Crippen molar-refractivity contribution in [2.45, 2.75) is 0 Å². The van der Waals surface area contributed by atoms with Gasteiger partial charge < -0.3 is 4.57 Å². The Morgan fingerprint density at radius 3 is 2.71 bits per heavy atom. The standard InChI is InChI=1S/C11H11N3/c1-12-13-11-8-7-9-5-3-4-6-10(9)14(11)2/h3-8H,1H2,2H3/b13-11+. The second kappa shape index (κ2) is 3.46. The summed E-state index contributed by atoms with van der Waals surface area (Å²) in [6.07, 6.45) is 0. The van der Waals surface area contributed by atoms with Gasteiger partial charge in [0, 0.05) is 19.3 Å². The predicted molar refractivity (Wildman–Crippen MR) is 58.0 cm³/mol. The number of hydrogen-bond donors (Lipinski definition) is 0. The predicted octanol–water partition coefficient (Wildman–Crippen LogP) is 1.69. The molecule has 1 aromatic heterocycles. The van der Waals surface area contributed by atoms with Crippen LogP contribution in [0, 0.1) is 0 Å². The molecule has 2 rings (SSSR count). The van der Waals surface area contributed by atoms with Crippen LogP contribution in [0.3, 0.4) is 0 Å². The summed E-state index contributed by atoms with van der Waals surface area (Å²) in [5.41, 5.74) is 1.94. The highest BCUT2D eigenvalue weighted by Gasteiger charge is 1.95. The van der Waals surface area contributed by atoms with Crippen molar-refractivity contribution in [1.29, 1.82) is 0 Å². The zero-order chi connectivity index (χ0) is 9.97. The first-order valence-corrected chi connectivity index (χ1v) is 4.37. The minimum absolute atomic E-state index is 0.804. The fraction of sp³-hybridized carbons (Fsp3) is 0.0909. The average molecular weight is 185 g/mol. The molecule has 2 aromatic rings. The number of pyridine rings is 1. The quantitative estimate of drug-likeness (QED) is 0.478. The highest BCUT2D eigenvalue weighted by atomic mass is 15.2. The van der Waals surface area contributed by atoms with Gasteiger partial charge in [-0.1, -0.05) is 18.2 Å². The molecule has 0 bridgehead atoms. The van der Waals surface area contributed by atoms with Crippen LogP contribution in [0.15, 0.2) is 46.6 Å². The molecule has 14 heavy (non-hydrogen) atoms. The summed E-state index contributed by atoms with van der Waals surface area (Å²) in [6.45, 7) is 3.35. The normalized spacial score (nSPS) is 11.9. The number of aromatic nitrogens is 1. The minimum Gasteiger partial charge on any atom is -0.327 e. The molecule has 0 atom stereocenters. The third-order valence-electron chi connectivity index (χ3n) is 2.23. The van der Waals surface area contributed by atoms with E-state index in [1.165, 1.54) is 5.39 Å². The monoisotopic (exact) mass is 185 g/mol. The highest BCUT2D eigenvalue weighted by molar-refractivity contribution is 5.78. The van der Waals surface area contributed by atoms with E-state index < -0.39 is 0 Å². The summed E-state index contributed by atoms with van der Waals surface area (Å²) >= 11 is 0. The molecule has 0 fully saturated rings. The lowest BCUT2D eigenvalue weighted by Crippen LogP contribution is -2.16. The molecule has 3 nitrogen and oxygen atoms in total.